The van der Waals surface area contributed by atoms with Crippen LogP contribution in [0.4, 0.5) is 0 Å². The Kier molecular flexibility index (Phi) is 7.04. The molecular weight excluding hydrogens is 133 g/mol. The molecule has 0 radical (unpaired) electrons. The molecule has 0 spiro atoms. The van der Waals surface area contributed by atoms with Gasteiger partial charge in [0.05, 0.1) is 5.50 Å². The first kappa shape index (κ1) is 10.5. The summed E-state index contributed by atoms with van der Waals surface area (Å²) in [5.41, 5.74) is 0.157. The topological polar surface area (TPSA) is 3.24 Å². The molecule has 1 unspecified atom stereocenters. The van der Waals surface area contributed by atoms with Crippen molar-refractivity contribution in [2.24, 2.45) is 0 Å². The second-order valence-corrected chi connectivity index (χ2v) is 2.17. The van der Waals surface area contributed by atoms with Gasteiger partial charge in [-0.2, -0.15) is 0 Å². The smallest absolute Gasteiger partial charge is 0.0816 e. The maximum Gasteiger partial charge on any atom is 0.0816 e. The van der Waals surface area contributed by atoms with Crippen molar-refractivity contribution < 1.29 is 12.4 Å². The van der Waals surface area contributed by atoms with E-state index in [1.807, 2.05) is 25.9 Å². The van der Waals surface area contributed by atoms with Crippen molar-refractivity contribution in [1.29, 1.82) is 0 Å². The molecule has 1 nitrogen and oxygen atoms in total. The number of alkyl halides is 1. The fraction of sp³-hybridized carbons (Fsp3) is 1.00. The van der Waals surface area contributed by atoms with Crippen molar-refractivity contribution in [1.82, 2.24) is 4.90 Å². The van der Waals surface area contributed by atoms with Gasteiger partial charge in [-0.25, -0.2) is 0 Å². The van der Waals surface area contributed by atoms with Gasteiger partial charge in [0.2, 0.25) is 0 Å². The van der Waals surface area contributed by atoms with E-state index in [1.165, 1.54) is 0 Å². The van der Waals surface area contributed by atoms with Gasteiger partial charge in [0.25, 0.3) is 0 Å². The van der Waals surface area contributed by atoms with Crippen LogP contribution in [0.25, 0.3) is 0 Å². The molecule has 46 valence electrons. The van der Waals surface area contributed by atoms with Crippen LogP contribution in [0, 0.1) is 0 Å². The monoisotopic (exact) mass is 142 g/mol. The molecule has 0 bridgehead atoms. The zero-order chi connectivity index (χ0) is 5.15. The molecule has 0 fully saturated rings. The lowest BCUT2D eigenvalue weighted by molar-refractivity contribution is -0.00000139. The third-order valence-corrected chi connectivity index (χ3v) is 1.10. The van der Waals surface area contributed by atoms with Crippen molar-refractivity contribution in [3.8, 4) is 0 Å². The predicted molar refractivity (Wildman–Crippen MR) is 29.0 cm³/mol. The normalized spacial score (nSPS) is 13.3. The molecule has 0 aromatic heterocycles. The molecule has 0 rings (SSSR count). The molecule has 0 saturated heterocycles. The number of rotatable bonds is 1. The molecule has 0 N–H and O–H groups in total. The van der Waals surface area contributed by atoms with Crippen LogP contribution in [-0.2, 0) is 0 Å². The fourth-order valence-corrected chi connectivity index (χ4v) is 0. The van der Waals surface area contributed by atoms with E-state index in [0.717, 1.165) is 0 Å². The number of hydrogen-bond donors (Lipinski definition) is 0. The Labute approximate surface area is 56.1 Å². The highest BCUT2D eigenvalue weighted by molar-refractivity contribution is 6.20. The second kappa shape index (κ2) is 4.69. The van der Waals surface area contributed by atoms with Gasteiger partial charge in [-0.15, -0.1) is 11.6 Å². The van der Waals surface area contributed by atoms with Crippen molar-refractivity contribution in [2.45, 2.75) is 12.4 Å². The van der Waals surface area contributed by atoms with Gasteiger partial charge in [-0.1, -0.05) is 0 Å². The first-order valence-electron chi connectivity index (χ1n) is 1.95. The van der Waals surface area contributed by atoms with E-state index < -0.39 is 0 Å². The van der Waals surface area contributed by atoms with E-state index in [2.05, 4.69) is 0 Å². The molecule has 7 heavy (non-hydrogen) atoms. The molecule has 3 heteroatoms. The molecule has 0 aliphatic heterocycles. The van der Waals surface area contributed by atoms with Gasteiger partial charge in [-0.05, 0) is 21.0 Å². The Morgan fingerprint density at radius 3 is 1.57 bits per heavy atom. The Morgan fingerprint density at radius 2 is 1.57 bits per heavy atom. The largest absolute Gasteiger partial charge is 1.00 e. The zero-order valence-corrected chi connectivity index (χ0v) is 6.29. The van der Waals surface area contributed by atoms with Gasteiger partial charge >= 0.3 is 0 Å². The minimum absolute atomic E-state index is 0. The van der Waals surface area contributed by atoms with Crippen LogP contribution in [0.15, 0.2) is 0 Å². The van der Waals surface area contributed by atoms with E-state index in [4.69, 9.17) is 11.6 Å². The number of halogens is 2. The molecule has 0 amide bonds. The highest BCUT2D eigenvalue weighted by Gasteiger charge is 1.93. The first-order valence-corrected chi connectivity index (χ1v) is 2.38. The lowest BCUT2D eigenvalue weighted by atomic mass is 10.7. The number of hydrogen-bond acceptors (Lipinski definition) is 1. The second-order valence-electron chi connectivity index (χ2n) is 1.54. The van der Waals surface area contributed by atoms with E-state index in [9.17, 15) is 0 Å². The van der Waals surface area contributed by atoms with Gasteiger partial charge in [0.15, 0.2) is 0 Å². The van der Waals surface area contributed by atoms with Crippen molar-refractivity contribution >= 4 is 11.6 Å². The Hall–Kier alpha value is 0.540. The minimum Gasteiger partial charge on any atom is -1.00 e. The predicted octanol–water partition coefficient (Wildman–Crippen LogP) is -1.86. The zero-order valence-electron chi connectivity index (χ0n) is 4.78. The van der Waals surface area contributed by atoms with Crippen LogP contribution < -0.4 is 12.4 Å². The van der Waals surface area contributed by atoms with Crippen LogP contribution in [0.3, 0.4) is 0 Å². The van der Waals surface area contributed by atoms with E-state index >= 15 is 0 Å². The highest BCUT2D eigenvalue weighted by atomic mass is 35.5. The summed E-state index contributed by atoms with van der Waals surface area (Å²) < 4.78 is 0. The maximum atomic E-state index is 5.54. The standard InChI is InChI=1S/C4H10ClN.ClH/c1-4(5)6(2)3;/h4H,1-3H3;1H/p-1. The fourth-order valence-electron chi connectivity index (χ4n) is 0. The van der Waals surface area contributed by atoms with Crippen LogP contribution in [0.2, 0.25) is 0 Å². The van der Waals surface area contributed by atoms with Gasteiger partial charge in [0.1, 0.15) is 0 Å². The number of nitrogens with zero attached hydrogens (tertiary/aromatic N) is 1. The first-order chi connectivity index (χ1) is 2.64. The molecule has 0 aromatic carbocycles. The summed E-state index contributed by atoms with van der Waals surface area (Å²) >= 11 is 5.54. The van der Waals surface area contributed by atoms with Gasteiger partial charge in [-0.3, -0.25) is 4.90 Å². The van der Waals surface area contributed by atoms with E-state index in [1.54, 1.807) is 0 Å². The summed E-state index contributed by atoms with van der Waals surface area (Å²) in [6, 6.07) is 0. The van der Waals surface area contributed by atoms with Crippen molar-refractivity contribution in [3.05, 3.63) is 0 Å². The third-order valence-electron chi connectivity index (χ3n) is 0.712. The molecule has 1 atom stereocenters. The molecule has 0 aliphatic rings. The van der Waals surface area contributed by atoms with Crippen LogP contribution in [-0.4, -0.2) is 24.5 Å². The van der Waals surface area contributed by atoms with Crippen LogP contribution in [0.5, 0.6) is 0 Å². The minimum atomic E-state index is 0. The average Bonchev–Trinajstić information content (AvgIpc) is 1.36. The van der Waals surface area contributed by atoms with E-state index in [-0.39, 0.29) is 17.9 Å². The summed E-state index contributed by atoms with van der Waals surface area (Å²) in [7, 11) is 3.88. The van der Waals surface area contributed by atoms with Crippen molar-refractivity contribution in [2.75, 3.05) is 14.1 Å². The molecule has 0 aromatic rings. The molecule has 0 heterocycles. The summed E-state index contributed by atoms with van der Waals surface area (Å²) in [5.74, 6) is 0. The summed E-state index contributed by atoms with van der Waals surface area (Å²) in [4.78, 5) is 1.93. The van der Waals surface area contributed by atoms with Gasteiger partial charge in [0, 0.05) is 0 Å². The lowest BCUT2D eigenvalue weighted by Crippen LogP contribution is -3.00. The van der Waals surface area contributed by atoms with Gasteiger partial charge < -0.3 is 12.4 Å². The Balaban J connectivity index is 0. The van der Waals surface area contributed by atoms with Crippen molar-refractivity contribution in [3.63, 3.8) is 0 Å². The summed E-state index contributed by atoms with van der Waals surface area (Å²) in [6.07, 6.45) is 0. The summed E-state index contributed by atoms with van der Waals surface area (Å²) in [6.45, 7) is 1.93. The highest BCUT2D eigenvalue weighted by Crippen LogP contribution is 1.93. The van der Waals surface area contributed by atoms with E-state index in [0.29, 0.717) is 0 Å². The summed E-state index contributed by atoms with van der Waals surface area (Å²) in [5, 5.41) is 0. The molecule has 0 aliphatic carbocycles. The third kappa shape index (κ3) is 6.54. The quantitative estimate of drug-likeness (QED) is 0.307. The molecule has 0 saturated carbocycles. The Bertz CT molecular complexity index is 30.7. The van der Waals surface area contributed by atoms with Crippen LogP contribution in [0.1, 0.15) is 6.92 Å². The Morgan fingerprint density at radius 1 is 1.43 bits per heavy atom. The lowest BCUT2D eigenvalue weighted by Gasteiger charge is -2.09. The SMILES string of the molecule is CC(Cl)N(C)C.[Cl-]. The molecular formula is C4H10Cl2N-. The van der Waals surface area contributed by atoms with Crippen LogP contribution >= 0.6 is 11.6 Å². The maximum absolute atomic E-state index is 5.54. The average molecular weight is 143 g/mol.